The van der Waals surface area contributed by atoms with Crippen molar-refractivity contribution in [3.8, 4) is 0 Å². The fourth-order valence-electron chi connectivity index (χ4n) is 1.41. The van der Waals surface area contributed by atoms with E-state index in [0.29, 0.717) is 5.56 Å². The van der Waals surface area contributed by atoms with E-state index in [2.05, 4.69) is 27.8 Å². The minimum absolute atomic E-state index is 0. The first-order valence-electron chi connectivity index (χ1n) is 5.37. The number of para-hydroxylation sites is 1. The van der Waals surface area contributed by atoms with Crippen LogP contribution in [0.4, 0.5) is 0 Å². The molecule has 11 heteroatoms. The number of rotatable bonds is 2. The van der Waals surface area contributed by atoms with Crippen molar-refractivity contribution in [2.24, 2.45) is 15.9 Å². The van der Waals surface area contributed by atoms with Gasteiger partial charge >= 0.3 is 17.1 Å². The van der Waals surface area contributed by atoms with E-state index < -0.39 is 5.09 Å². The van der Waals surface area contributed by atoms with E-state index in [4.69, 9.17) is 21.1 Å². The van der Waals surface area contributed by atoms with Gasteiger partial charge in [-0.15, -0.1) is 0 Å². The summed E-state index contributed by atoms with van der Waals surface area (Å²) in [6.07, 6.45) is 1.32. The Morgan fingerprint density at radius 2 is 1.95 bits per heavy atom. The van der Waals surface area contributed by atoms with Crippen LogP contribution in [-0.4, -0.2) is 21.5 Å². The third kappa shape index (κ3) is 6.79. The first-order chi connectivity index (χ1) is 9.90. The van der Waals surface area contributed by atoms with Crippen molar-refractivity contribution in [3.63, 3.8) is 0 Å². The SMILES string of the molecule is N/C([S-])=N/N=C/c1cc2ccccc2[nH]c1=O.O=[N+]([O-])[O-].[Cu+2]. The van der Waals surface area contributed by atoms with Crippen LogP contribution in [0.2, 0.25) is 0 Å². The summed E-state index contributed by atoms with van der Waals surface area (Å²) < 4.78 is 0. The molecule has 0 aliphatic heterocycles. The molecule has 2 aromatic rings. The summed E-state index contributed by atoms with van der Waals surface area (Å²) in [6.45, 7) is 0. The van der Waals surface area contributed by atoms with Gasteiger partial charge in [-0.2, -0.15) is 10.2 Å². The average molecular weight is 371 g/mol. The largest absolute Gasteiger partial charge is 2.00 e. The van der Waals surface area contributed by atoms with Crippen molar-refractivity contribution in [1.29, 1.82) is 0 Å². The molecular formula is C11H9CuN5O4S. The number of hydrogen-bond donors (Lipinski definition) is 2. The quantitative estimate of drug-likeness (QED) is 0.196. The molecular weight excluding hydrogens is 362 g/mol. The van der Waals surface area contributed by atoms with E-state index in [1.807, 2.05) is 24.3 Å². The minimum atomic E-state index is -1.75. The molecule has 3 N–H and O–H groups in total. The molecule has 1 radical (unpaired) electrons. The molecule has 119 valence electrons. The monoisotopic (exact) mass is 370 g/mol. The maximum atomic E-state index is 11.7. The molecule has 0 saturated heterocycles. The summed E-state index contributed by atoms with van der Waals surface area (Å²) in [7, 11) is 0. The van der Waals surface area contributed by atoms with Crippen LogP contribution in [0.1, 0.15) is 5.56 Å². The Bertz CT molecular complexity index is 753. The van der Waals surface area contributed by atoms with E-state index in [-0.39, 0.29) is 27.8 Å². The van der Waals surface area contributed by atoms with Gasteiger partial charge in [0.15, 0.2) is 0 Å². The maximum Gasteiger partial charge on any atom is 2.00 e. The molecule has 9 nitrogen and oxygen atoms in total. The molecule has 0 amide bonds. The van der Waals surface area contributed by atoms with Gasteiger partial charge in [0.2, 0.25) is 0 Å². The van der Waals surface area contributed by atoms with Crippen LogP contribution in [0.3, 0.4) is 0 Å². The Morgan fingerprint density at radius 1 is 1.36 bits per heavy atom. The van der Waals surface area contributed by atoms with Crippen LogP contribution in [0, 0.1) is 15.3 Å². The number of nitrogens with two attached hydrogens (primary N) is 1. The van der Waals surface area contributed by atoms with Gasteiger partial charge in [0.25, 0.3) is 5.56 Å². The normalized spacial score (nSPS) is 10.6. The van der Waals surface area contributed by atoms with Gasteiger partial charge < -0.3 is 38.7 Å². The van der Waals surface area contributed by atoms with E-state index >= 15 is 0 Å². The van der Waals surface area contributed by atoms with Crippen LogP contribution < -0.4 is 11.3 Å². The number of nitrogens with one attached hydrogen (secondary N) is 1. The fraction of sp³-hybridized carbons (Fsp3) is 0. The predicted molar refractivity (Wildman–Crippen MR) is 81.5 cm³/mol. The van der Waals surface area contributed by atoms with Gasteiger partial charge in [0.1, 0.15) is 0 Å². The molecule has 22 heavy (non-hydrogen) atoms. The zero-order valence-corrected chi connectivity index (χ0v) is 12.5. The minimum Gasteiger partial charge on any atom is -0.741 e. The molecule has 0 spiro atoms. The van der Waals surface area contributed by atoms with Crippen LogP contribution in [-0.2, 0) is 29.7 Å². The predicted octanol–water partition coefficient (Wildman–Crippen LogP) is 0.482. The molecule has 0 bridgehead atoms. The number of aromatic nitrogens is 1. The van der Waals surface area contributed by atoms with Crippen molar-refractivity contribution >= 4 is 34.9 Å². The average Bonchev–Trinajstić information content (AvgIpc) is 2.38. The van der Waals surface area contributed by atoms with Crippen LogP contribution in [0.15, 0.2) is 45.3 Å². The second-order valence-electron chi connectivity index (χ2n) is 3.55. The summed E-state index contributed by atoms with van der Waals surface area (Å²) in [5.74, 6) is 0. The Balaban J connectivity index is 0.000000791. The topological polar surface area (TPSA) is 150 Å². The smallest absolute Gasteiger partial charge is 0.741 e. The maximum absolute atomic E-state index is 11.7. The number of fused-ring (bicyclic) bond motifs is 1. The van der Waals surface area contributed by atoms with Gasteiger partial charge in [0, 0.05) is 5.52 Å². The van der Waals surface area contributed by atoms with Crippen LogP contribution in [0.25, 0.3) is 10.9 Å². The Labute approximate surface area is 139 Å². The number of amidine groups is 1. The van der Waals surface area contributed by atoms with Gasteiger partial charge in [-0.05, 0) is 22.7 Å². The van der Waals surface area contributed by atoms with Crippen molar-refractivity contribution in [2.75, 3.05) is 0 Å². The van der Waals surface area contributed by atoms with Gasteiger partial charge in [-0.25, -0.2) is 0 Å². The first kappa shape index (κ1) is 19.5. The molecule has 1 aromatic heterocycles. The molecule has 0 saturated carbocycles. The molecule has 0 atom stereocenters. The summed E-state index contributed by atoms with van der Waals surface area (Å²) in [5, 5.41) is 22.7. The molecule has 0 unspecified atom stereocenters. The number of aromatic amines is 1. The third-order valence-corrected chi connectivity index (χ3v) is 2.22. The van der Waals surface area contributed by atoms with Crippen LogP contribution in [0.5, 0.6) is 0 Å². The molecule has 0 aliphatic carbocycles. The second-order valence-corrected chi connectivity index (χ2v) is 3.97. The van der Waals surface area contributed by atoms with Gasteiger partial charge in [-0.1, -0.05) is 18.2 Å². The van der Waals surface area contributed by atoms with Crippen molar-refractivity contribution in [1.82, 2.24) is 4.98 Å². The van der Waals surface area contributed by atoms with Gasteiger partial charge in [0.05, 0.1) is 16.9 Å². The van der Waals surface area contributed by atoms with E-state index in [1.54, 1.807) is 6.07 Å². The summed E-state index contributed by atoms with van der Waals surface area (Å²) in [4.78, 5) is 22.7. The fourth-order valence-corrected chi connectivity index (χ4v) is 1.46. The first-order valence-corrected chi connectivity index (χ1v) is 5.78. The number of hydrogen-bond acceptors (Lipinski definition) is 7. The van der Waals surface area contributed by atoms with E-state index in [1.165, 1.54) is 6.21 Å². The Kier molecular flexibility index (Phi) is 8.38. The van der Waals surface area contributed by atoms with E-state index in [0.717, 1.165) is 10.9 Å². The second kappa shape index (κ2) is 9.45. The zero-order valence-electron chi connectivity index (χ0n) is 10.7. The van der Waals surface area contributed by atoms with Crippen LogP contribution >= 0.6 is 0 Å². The summed E-state index contributed by atoms with van der Waals surface area (Å²) >= 11 is 4.53. The van der Waals surface area contributed by atoms with Crippen molar-refractivity contribution < 1.29 is 22.2 Å². The zero-order chi connectivity index (χ0) is 15.8. The molecule has 1 heterocycles. The number of pyridine rings is 1. The van der Waals surface area contributed by atoms with Crippen molar-refractivity contribution in [2.45, 2.75) is 0 Å². The number of benzene rings is 1. The Hall–Kier alpha value is -2.49. The Morgan fingerprint density at radius 3 is 2.55 bits per heavy atom. The summed E-state index contributed by atoms with van der Waals surface area (Å²) in [5.41, 5.74) is 6.10. The third-order valence-electron chi connectivity index (χ3n) is 2.14. The summed E-state index contributed by atoms with van der Waals surface area (Å²) in [6, 6.07) is 9.20. The number of H-pyrrole nitrogens is 1. The van der Waals surface area contributed by atoms with Crippen molar-refractivity contribution in [3.05, 3.63) is 61.6 Å². The standard InChI is InChI=1S/C11H10N4OS.Cu.NO3/c12-11(17)15-13-6-8-5-7-3-1-2-4-9(7)14-10(8)16;;2-1(3)4/h1-6H,(H,14,16)(H3,12,15,17);;/q;+2;-1/p-1/b13-6+;;. The molecule has 0 fully saturated rings. The van der Waals surface area contributed by atoms with Gasteiger partial charge in [-0.3, -0.25) is 4.79 Å². The van der Waals surface area contributed by atoms with E-state index in [9.17, 15) is 4.79 Å². The molecule has 0 aliphatic rings. The molecule has 2 rings (SSSR count). The number of nitrogens with zero attached hydrogens (tertiary/aromatic N) is 3. The molecule has 1 aromatic carbocycles.